The minimum atomic E-state index is -0.228. The molecule has 0 aliphatic rings. The van der Waals surface area contributed by atoms with Crippen LogP contribution in [-0.2, 0) is 0 Å². The van der Waals surface area contributed by atoms with Gasteiger partial charge in [0.1, 0.15) is 12.7 Å². The SMILES string of the molecule is Cc1c(C(=O)Nc2ccc(-n3cncn3)cc2)cnn1-c1cccc(Cl)c1. The van der Waals surface area contributed by atoms with E-state index >= 15 is 0 Å². The topological polar surface area (TPSA) is 77.6 Å². The zero-order chi connectivity index (χ0) is 18.8. The van der Waals surface area contributed by atoms with Crippen molar-refractivity contribution in [2.24, 2.45) is 0 Å². The van der Waals surface area contributed by atoms with E-state index in [2.05, 4.69) is 20.5 Å². The second-order valence-electron chi connectivity index (χ2n) is 5.88. The van der Waals surface area contributed by atoms with Crippen molar-refractivity contribution in [2.45, 2.75) is 6.92 Å². The van der Waals surface area contributed by atoms with Crippen LogP contribution in [0.1, 0.15) is 16.1 Å². The fourth-order valence-electron chi connectivity index (χ4n) is 2.74. The maximum Gasteiger partial charge on any atom is 0.259 e. The normalized spacial score (nSPS) is 10.7. The highest BCUT2D eigenvalue weighted by Crippen LogP contribution is 2.19. The van der Waals surface area contributed by atoms with E-state index in [-0.39, 0.29) is 5.91 Å². The first-order chi connectivity index (χ1) is 13.1. The Labute approximate surface area is 160 Å². The Balaban J connectivity index is 1.54. The maximum atomic E-state index is 12.6. The Morgan fingerprint density at radius 1 is 1.07 bits per heavy atom. The summed E-state index contributed by atoms with van der Waals surface area (Å²) >= 11 is 6.04. The Morgan fingerprint density at radius 2 is 1.89 bits per heavy atom. The van der Waals surface area contributed by atoms with Gasteiger partial charge < -0.3 is 5.32 Å². The second kappa shape index (κ2) is 7.05. The van der Waals surface area contributed by atoms with E-state index in [0.29, 0.717) is 16.3 Å². The molecule has 0 aliphatic heterocycles. The first kappa shape index (κ1) is 17.0. The number of benzene rings is 2. The van der Waals surface area contributed by atoms with Gasteiger partial charge in [-0.05, 0) is 49.4 Å². The predicted octanol–water partition coefficient (Wildman–Crippen LogP) is 3.67. The summed E-state index contributed by atoms with van der Waals surface area (Å²) in [5.41, 5.74) is 3.56. The molecule has 0 atom stereocenters. The molecule has 134 valence electrons. The average molecular weight is 379 g/mol. The van der Waals surface area contributed by atoms with Crippen LogP contribution in [0.15, 0.2) is 67.4 Å². The van der Waals surface area contributed by atoms with Gasteiger partial charge in [-0.1, -0.05) is 17.7 Å². The molecule has 4 rings (SSSR count). The Bertz CT molecular complexity index is 1090. The summed E-state index contributed by atoms with van der Waals surface area (Å²) in [5, 5.41) is 11.9. The summed E-state index contributed by atoms with van der Waals surface area (Å²) in [6, 6.07) is 14.6. The molecule has 2 heterocycles. The highest BCUT2D eigenvalue weighted by atomic mass is 35.5. The lowest BCUT2D eigenvalue weighted by molar-refractivity contribution is 0.102. The van der Waals surface area contributed by atoms with E-state index in [1.807, 2.05) is 43.3 Å². The summed E-state index contributed by atoms with van der Waals surface area (Å²) < 4.78 is 3.33. The van der Waals surface area contributed by atoms with Gasteiger partial charge >= 0.3 is 0 Å². The molecule has 0 fully saturated rings. The summed E-state index contributed by atoms with van der Waals surface area (Å²) in [7, 11) is 0. The molecule has 8 heteroatoms. The van der Waals surface area contributed by atoms with Crippen LogP contribution in [0.5, 0.6) is 0 Å². The molecule has 0 saturated heterocycles. The van der Waals surface area contributed by atoms with E-state index in [1.165, 1.54) is 6.33 Å². The van der Waals surface area contributed by atoms with Gasteiger partial charge in [-0.3, -0.25) is 4.79 Å². The van der Waals surface area contributed by atoms with Gasteiger partial charge in [-0.15, -0.1) is 0 Å². The van der Waals surface area contributed by atoms with Gasteiger partial charge in [0, 0.05) is 10.7 Å². The van der Waals surface area contributed by atoms with Gasteiger partial charge in [-0.2, -0.15) is 10.2 Å². The van der Waals surface area contributed by atoms with Crippen molar-refractivity contribution in [1.82, 2.24) is 24.5 Å². The van der Waals surface area contributed by atoms with Gasteiger partial charge in [0.25, 0.3) is 5.91 Å². The molecule has 0 aliphatic carbocycles. The third kappa shape index (κ3) is 3.45. The molecule has 2 aromatic carbocycles. The van der Waals surface area contributed by atoms with Gasteiger partial charge in [-0.25, -0.2) is 14.3 Å². The molecule has 1 N–H and O–H groups in total. The lowest BCUT2D eigenvalue weighted by atomic mass is 10.2. The summed E-state index contributed by atoms with van der Waals surface area (Å²) in [6.45, 7) is 1.84. The van der Waals surface area contributed by atoms with Crippen LogP contribution < -0.4 is 5.32 Å². The van der Waals surface area contributed by atoms with E-state index in [4.69, 9.17) is 11.6 Å². The highest BCUT2D eigenvalue weighted by Gasteiger charge is 2.15. The molecule has 27 heavy (non-hydrogen) atoms. The zero-order valence-corrected chi connectivity index (χ0v) is 15.1. The Morgan fingerprint density at radius 3 is 2.59 bits per heavy atom. The number of carbonyl (C=O) groups excluding carboxylic acids is 1. The van der Waals surface area contributed by atoms with Crippen LogP contribution in [0.4, 0.5) is 5.69 Å². The van der Waals surface area contributed by atoms with Crippen molar-refractivity contribution < 1.29 is 4.79 Å². The number of hydrogen-bond acceptors (Lipinski definition) is 4. The number of halogens is 1. The minimum absolute atomic E-state index is 0.228. The predicted molar refractivity (Wildman–Crippen MR) is 103 cm³/mol. The zero-order valence-electron chi connectivity index (χ0n) is 14.4. The van der Waals surface area contributed by atoms with Crippen LogP contribution in [0.3, 0.4) is 0 Å². The van der Waals surface area contributed by atoms with Gasteiger partial charge in [0.15, 0.2) is 0 Å². The molecule has 1 amide bonds. The number of nitrogens with one attached hydrogen (secondary N) is 1. The Kier molecular flexibility index (Phi) is 4.43. The van der Waals surface area contributed by atoms with Crippen LogP contribution in [0.25, 0.3) is 11.4 Å². The maximum absolute atomic E-state index is 12.6. The van der Waals surface area contributed by atoms with E-state index in [0.717, 1.165) is 17.1 Å². The molecule has 7 nitrogen and oxygen atoms in total. The summed E-state index contributed by atoms with van der Waals surface area (Å²) in [5.74, 6) is -0.228. The van der Waals surface area contributed by atoms with Crippen molar-refractivity contribution in [1.29, 1.82) is 0 Å². The van der Waals surface area contributed by atoms with E-state index in [1.54, 1.807) is 34.0 Å². The number of rotatable bonds is 4. The van der Waals surface area contributed by atoms with E-state index < -0.39 is 0 Å². The van der Waals surface area contributed by atoms with Crippen molar-refractivity contribution in [3.63, 3.8) is 0 Å². The fourth-order valence-corrected chi connectivity index (χ4v) is 2.92. The number of nitrogens with zero attached hydrogens (tertiary/aromatic N) is 5. The molecule has 0 radical (unpaired) electrons. The van der Waals surface area contributed by atoms with Crippen LogP contribution in [0.2, 0.25) is 5.02 Å². The molecule has 4 aromatic rings. The van der Waals surface area contributed by atoms with Crippen molar-refractivity contribution in [2.75, 3.05) is 5.32 Å². The molecular weight excluding hydrogens is 364 g/mol. The van der Waals surface area contributed by atoms with Crippen LogP contribution in [-0.4, -0.2) is 30.5 Å². The summed E-state index contributed by atoms with van der Waals surface area (Å²) in [4.78, 5) is 16.6. The van der Waals surface area contributed by atoms with Gasteiger partial charge in [0.2, 0.25) is 0 Å². The van der Waals surface area contributed by atoms with Crippen LogP contribution in [0, 0.1) is 6.92 Å². The fraction of sp³-hybridized carbons (Fsp3) is 0.0526. The van der Waals surface area contributed by atoms with E-state index in [9.17, 15) is 4.79 Å². The first-order valence-electron chi connectivity index (χ1n) is 8.19. The van der Waals surface area contributed by atoms with Crippen molar-refractivity contribution in [3.8, 4) is 11.4 Å². The van der Waals surface area contributed by atoms with Crippen molar-refractivity contribution in [3.05, 3.63) is 83.7 Å². The third-order valence-corrected chi connectivity index (χ3v) is 4.35. The quantitative estimate of drug-likeness (QED) is 0.587. The first-order valence-corrected chi connectivity index (χ1v) is 8.56. The molecule has 0 bridgehead atoms. The lowest BCUT2D eigenvalue weighted by Gasteiger charge is -2.08. The molecule has 0 spiro atoms. The molecule has 0 unspecified atom stereocenters. The molecule has 2 aromatic heterocycles. The number of aromatic nitrogens is 5. The Hall–Kier alpha value is -3.45. The largest absolute Gasteiger partial charge is 0.322 e. The minimum Gasteiger partial charge on any atom is -0.322 e. The second-order valence-corrected chi connectivity index (χ2v) is 6.31. The van der Waals surface area contributed by atoms with Crippen LogP contribution >= 0.6 is 11.6 Å². The number of hydrogen-bond donors (Lipinski definition) is 1. The average Bonchev–Trinajstić information content (AvgIpc) is 3.32. The van der Waals surface area contributed by atoms with Gasteiger partial charge in [0.05, 0.1) is 28.8 Å². The number of anilines is 1. The number of carbonyl (C=O) groups is 1. The monoisotopic (exact) mass is 378 g/mol. The molecule has 0 saturated carbocycles. The highest BCUT2D eigenvalue weighted by molar-refractivity contribution is 6.30. The summed E-state index contributed by atoms with van der Waals surface area (Å²) in [6.07, 6.45) is 4.63. The molecular formula is C19H15ClN6O. The lowest BCUT2D eigenvalue weighted by Crippen LogP contribution is -2.13. The third-order valence-electron chi connectivity index (χ3n) is 4.12. The number of amides is 1. The standard InChI is InChI=1S/C19H15ClN6O/c1-13-18(10-22-26(13)17-4-2-3-14(20)9-17)19(27)24-15-5-7-16(8-6-15)25-12-21-11-23-25/h2-12H,1H3,(H,24,27). The van der Waals surface area contributed by atoms with Crippen molar-refractivity contribution >= 4 is 23.2 Å². The smallest absolute Gasteiger partial charge is 0.259 e.